The summed E-state index contributed by atoms with van der Waals surface area (Å²) < 4.78 is 0. The minimum Gasteiger partial charge on any atom is -0.465 e. The molecule has 2 aromatic rings. The Labute approximate surface area is 183 Å². The number of Topliss-reactive ketones (excluding diaryl/α,β-unsaturated/α-hetero) is 1. The maximum atomic E-state index is 14.0. The molecule has 1 saturated carbocycles. The number of piperazine rings is 1. The van der Waals surface area contributed by atoms with E-state index in [0.717, 1.165) is 30.0 Å². The molecule has 0 bridgehead atoms. The molecule has 0 radical (unpaired) electrons. The second kappa shape index (κ2) is 8.97. The summed E-state index contributed by atoms with van der Waals surface area (Å²) in [5.41, 5.74) is -0.458. The van der Waals surface area contributed by atoms with Gasteiger partial charge in [-0.1, -0.05) is 55.8 Å². The van der Waals surface area contributed by atoms with Gasteiger partial charge in [-0.05, 0) is 42.4 Å². The van der Waals surface area contributed by atoms with E-state index in [1.165, 1.54) is 4.90 Å². The van der Waals surface area contributed by atoms with Gasteiger partial charge in [0.2, 0.25) is 0 Å². The van der Waals surface area contributed by atoms with Crippen LogP contribution in [0.3, 0.4) is 0 Å². The highest BCUT2D eigenvalue weighted by molar-refractivity contribution is 6.11. The topological polar surface area (TPSA) is 81.1 Å². The van der Waals surface area contributed by atoms with Crippen LogP contribution < -0.4 is 0 Å². The third kappa shape index (κ3) is 4.32. The van der Waals surface area contributed by atoms with Gasteiger partial charge in [-0.25, -0.2) is 4.79 Å². The second-order valence-electron chi connectivity index (χ2n) is 9.05. The summed E-state index contributed by atoms with van der Waals surface area (Å²) >= 11 is 0. The van der Waals surface area contributed by atoms with Crippen molar-refractivity contribution >= 4 is 22.6 Å². The van der Waals surface area contributed by atoms with Gasteiger partial charge in [-0.2, -0.15) is 0 Å². The zero-order chi connectivity index (χ0) is 22.0. The fourth-order valence-corrected chi connectivity index (χ4v) is 5.37. The van der Waals surface area contributed by atoms with Crippen LogP contribution in [0.4, 0.5) is 4.79 Å². The predicted molar refractivity (Wildman–Crippen MR) is 120 cm³/mol. The van der Waals surface area contributed by atoms with Crippen molar-refractivity contribution in [2.75, 3.05) is 26.2 Å². The first-order chi connectivity index (χ1) is 14.9. The van der Waals surface area contributed by atoms with E-state index in [1.54, 1.807) is 0 Å². The molecule has 1 heterocycles. The van der Waals surface area contributed by atoms with Crippen molar-refractivity contribution in [3.63, 3.8) is 0 Å². The zero-order valence-electron chi connectivity index (χ0n) is 18.2. The first-order valence-electron chi connectivity index (χ1n) is 11.4. The lowest BCUT2D eigenvalue weighted by Gasteiger charge is -2.47. The molecule has 4 rings (SSSR count). The van der Waals surface area contributed by atoms with Crippen LogP contribution in [0.15, 0.2) is 42.5 Å². The molecule has 0 spiro atoms. The summed E-state index contributed by atoms with van der Waals surface area (Å²) in [4.78, 5) is 28.8. The van der Waals surface area contributed by atoms with Crippen molar-refractivity contribution < 1.29 is 19.8 Å². The molecule has 1 unspecified atom stereocenters. The molecule has 6 heteroatoms. The summed E-state index contributed by atoms with van der Waals surface area (Å²) in [6.07, 6.45) is 3.20. The molecule has 31 heavy (non-hydrogen) atoms. The molecule has 1 aliphatic heterocycles. The molecule has 6 nitrogen and oxygen atoms in total. The van der Waals surface area contributed by atoms with Gasteiger partial charge in [0.05, 0.1) is 5.60 Å². The first kappa shape index (κ1) is 21.8. The van der Waals surface area contributed by atoms with Crippen LogP contribution in [0.2, 0.25) is 0 Å². The number of fused-ring (bicyclic) bond motifs is 1. The molecular weight excluding hydrogens is 392 g/mol. The summed E-state index contributed by atoms with van der Waals surface area (Å²) in [6, 6.07) is 12.9. The minimum absolute atomic E-state index is 0.0574. The Morgan fingerprint density at radius 2 is 1.68 bits per heavy atom. The second-order valence-corrected chi connectivity index (χ2v) is 9.05. The van der Waals surface area contributed by atoms with Crippen molar-refractivity contribution in [1.29, 1.82) is 0 Å². The van der Waals surface area contributed by atoms with E-state index in [2.05, 4.69) is 6.92 Å². The Kier molecular flexibility index (Phi) is 6.30. The predicted octanol–water partition coefficient (Wildman–Crippen LogP) is 4.02. The molecular formula is C25H32N2O4. The van der Waals surface area contributed by atoms with Gasteiger partial charge >= 0.3 is 6.09 Å². The van der Waals surface area contributed by atoms with Crippen LogP contribution in [-0.4, -0.2) is 69.7 Å². The average Bonchev–Trinajstić information content (AvgIpc) is 2.79. The lowest BCUT2D eigenvalue weighted by molar-refractivity contribution is -0.0746. The standard InChI is InChI=1S/C25H32N2O4/c1-2-18-10-12-25(31,13-11-18)23(26-14-16-27(17-15-26)24(29)30)22(28)21-9-5-7-19-6-3-4-8-20(19)21/h3-9,18,23,31H,2,10-17H2,1H3,(H,29,30). The average molecular weight is 425 g/mol. The number of carbonyl (C=O) groups is 2. The van der Waals surface area contributed by atoms with Gasteiger partial charge < -0.3 is 15.1 Å². The molecule has 0 aromatic heterocycles. The number of nitrogens with zero attached hydrogens (tertiary/aromatic N) is 2. The van der Waals surface area contributed by atoms with E-state index >= 15 is 0 Å². The smallest absolute Gasteiger partial charge is 0.407 e. The Balaban J connectivity index is 1.68. The zero-order valence-corrected chi connectivity index (χ0v) is 18.2. The third-order valence-corrected chi connectivity index (χ3v) is 7.31. The number of rotatable bonds is 5. The van der Waals surface area contributed by atoms with E-state index in [-0.39, 0.29) is 5.78 Å². The maximum Gasteiger partial charge on any atom is 0.407 e. The number of amides is 1. The van der Waals surface area contributed by atoms with Crippen molar-refractivity contribution in [3.05, 3.63) is 48.0 Å². The lowest BCUT2D eigenvalue weighted by atomic mass is 9.71. The molecule has 2 N–H and O–H groups in total. The van der Waals surface area contributed by atoms with Gasteiger partial charge in [0, 0.05) is 31.7 Å². The number of hydrogen-bond acceptors (Lipinski definition) is 4. The molecule has 1 saturated heterocycles. The molecule has 2 aliphatic rings. The van der Waals surface area contributed by atoms with Gasteiger partial charge in [0.1, 0.15) is 6.04 Å². The third-order valence-electron chi connectivity index (χ3n) is 7.31. The molecule has 2 aromatic carbocycles. The highest BCUT2D eigenvalue weighted by Gasteiger charge is 2.47. The number of benzene rings is 2. The van der Waals surface area contributed by atoms with Gasteiger partial charge in [0.15, 0.2) is 5.78 Å². The quantitative estimate of drug-likeness (QED) is 0.709. The SMILES string of the molecule is CCC1CCC(O)(C(C(=O)c2cccc3ccccc23)N2CCN(C(=O)O)CC2)CC1. The Morgan fingerprint density at radius 1 is 1.03 bits per heavy atom. The summed E-state index contributed by atoms with van der Waals surface area (Å²) in [6.45, 7) is 3.78. The normalized spacial score (nSPS) is 26.0. The number of ketones is 1. The largest absolute Gasteiger partial charge is 0.465 e. The Morgan fingerprint density at radius 3 is 2.32 bits per heavy atom. The number of carboxylic acid groups (broad SMARTS) is 1. The van der Waals surface area contributed by atoms with Gasteiger partial charge in [-0.3, -0.25) is 9.69 Å². The van der Waals surface area contributed by atoms with E-state index in [4.69, 9.17) is 0 Å². The van der Waals surface area contributed by atoms with E-state index < -0.39 is 17.7 Å². The van der Waals surface area contributed by atoms with Crippen LogP contribution in [0, 0.1) is 5.92 Å². The van der Waals surface area contributed by atoms with Crippen LogP contribution in [-0.2, 0) is 0 Å². The fraction of sp³-hybridized carbons (Fsp3) is 0.520. The van der Waals surface area contributed by atoms with Crippen molar-refractivity contribution in [2.24, 2.45) is 5.92 Å². The van der Waals surface area contributed by atoms with Crippen LogP contribution in [0.1, 0.15) is 49.4 Å². The summed E-state index contributed by atoms with van der Waals surface area (Å²) in [7, 11) is 0. The molecule has 2 fully saturated rings. The Hall–Kier alpha value is -2.44. The molecule has 166 valence electrons. The van der Waals surface area contributed by atoms with E-state index in [0.29, 0.717) is 50.5 Å². The van der Waals surface area contributed by atoms with Crippen molar-refractivity contribution in [3.8, 4) is 0 Å². The van der Waals surface area contributed by atoms with Crippen molar-refractivity contribution in [2.45, 2.75) is 50.7 Å². The maximum absolute atomic E-state index is 14.0. The molecule has 1 atom stereocenters. The summed E-state index contributed by atoms with van der Waals surface area (Å²) in [5, 5.41) is 23.0. The fourth-order valence-electron chi connectivity index (χ4n) is 5.37. The number of carbonyl (C=O) groups excluding carboxylic acids is 1. The highest BCUT2D eigenvalue weighted by atomic mass is 16.4. The summed E-state index contributed by atoms with van der Waals surface area (Å²) in [5.74, 6) is 0.537. The van der Waals surface area contributed by atoms with Crippen molar-refractivity contribution in [1.82, 2.24) is 9.80 Å². The van der Waals surface area contributed by atoms with Crippen LogP contribution in [0.25, 0.3) is 10.8 Å². The first-order valence-corrected chi connectivity index (χ1v) is 11.4. The Bertz CT molecular complexity index is 938. The minimum atomic E-state index is -1.09. The van der Waals surface area contributed by atoms with E-state index in [1.807, 2.05) is 47.4 Å². The number of hydrogen-bond donors (Lipinski definition) is 2. The van der Waals surface area contributed by atoms with E-state index in [9.17, 15) is 19.8 Å². The highest BCUT2D eigenvalue weighted by Crippen LogP contribution is 2.39. The van der Waals surface area contributed by atoms with Crippen LogP contribution in [0.5, 0.6) is 0 Å². The van der Waals surface area contributed by atoms with Gasteiger partial charge in [0.25, 0.3) is 0 Å². The number of aliphatic hydroxyl groups is 1. The monoisotopic (exact) mass is 424 g/mol. The van der Waals surface area contributed by atoms with Gasteiger partial charge in [-0.15, -0.1) is 0 Å². The molecule has 1 amide bonds. The van der Waals surface area contributed by atoms with Crippen LogP contribution >= 0.6 is 0 Å². The lowest BCUT2D eigenvalue weighted by Crippen LogP contribution is -2.62. The molecule has 1 aliphatic carbocycles.